The molecule has 0 bridgehead atoms. The molecule has 2 atom stereocenters. The highest BCUT2D eigenvalue weighted by Crippen LogP contribution is 2.31. The molecule has 2 fully saturated rings. The zero-order valence-corrected chi connectivity index (χ0v) is 14.1. The van der Waals surface area contributed by atoms with Crippen molar-refractivity contribution in [3.05, 3.63) is 0 Å². The quantitative estimate of drug-likeness (QED) is 0.852. The van der Waals surface area contributed by atoms with Crippen LogP contribution in [-0.4, -0.2) is 47.1 Å². The Morgan fingerprint density at radius 2 is 2.05 bits per heavy atom. The van der Waals surface area contributed by atoms with Gasteiger partial charge < -0.3 is 5.32 Å². The fraction of sp³-hybridized carbons (Fsp3) is 1.00. The molecule has 1 N–H and O–H groups in total. The van der Waals surface area contributed by atoms with E-state index in [4.69, 9.17) is 0 Å². The van der Waals surface area contributed by atoms with Crippen molar-refractivity contribution in [2.24, 2.45) is 5.92 Å². The maximum Gasteiger partial charge on any atom is 0.0304 e. The lowest BCUT2D eigenvalue weighted by molar-refractivity contribution is 0.0201. The average Bonchev–Trinajstić information content (AvgIpc) is 2.47. The lowest BCUT2D eigenvalue weighted by Gasteiger charge is -2.52. The van der Waals surface area contributed by atoms with E-state index in [1.165, 1.54) is 50.3 Å². The van der Waals surface area contributed by atoms with Gasteiger partial charge in [0.2, 0.25) is 0 Å². The Morgan fingerprint density at radius 3 is 2.58 bits per heavy atom. The molecule has 2 heterocycles. The van der Waals surface area contributed by atoms with Crippen LogP contribution in [0.3, 0.4) is 0 Å². The number of piperazine rings is 1. The summed E-state index contributed by atoms with van der Waals surface area (Å²) < 4.78 is 0. The molecule has 2 unspecified atom stereocenters. The van der Waals surface area contributed by atoms with Gasteiger partial charge in [0.05, 0.1) is 0 Å². The van der Waals surface area contributed by atoms with Gasteiger partial charge >= 0.3 is 0 Å². The van der Waals surface area contributed by atoms with Crippen LogP contribution >= 0.6 is 11.8 Å². The van der Waals surface area contributed by atoms with Crippen LogP contribution < -0.4 is 5.32 Å². The Morgan fingerprint density at radius 1 is 1.32 bits per heavy atom. The molecule has 19 heavy (non-hydrogen) atoms. The Hall–Kier alpha value is 0.270. The van der Waals surface area contributed by atoms with Gasteiger partial charge in [0.15, 0.2) is 0 Å². The van der Waals surface area contributed by atoms with Gasteiger partial charge in [-0.1, -0.05) is 27.7 Å². The summed E-state index contributed by atoms with van der Waals surface area (Å²) in [4.78, 5) is 2.88. The number of rotatable bonds is 4. The highest BCUT2D eigenvalue weighted by Gasteiger charge is 2.40. The molecule has 3 heteroatoms. The first-order chi connectivity index (χ1) is 9.12. The molecule has 0 aliphatic carbocycles. The molecular weight excluding hydrogens is 252 g/mol. The largest absolute Gasteiger partial charge is 0.308 e. The number of thioether (sulfide) groups is 1. The molecule has 2 rings (SSSR count). The van der Waals surface area contributed by atoms with Gasteiger partial charge in [-0.25, -0.2) is 0 Å². The number of nitrogens with one attached hydrogen (secondary N) is 1. The van der Waals surface area contributed by atoms with Gasteiger partial charge in [-0.3, -0.25) is 4.90 Å². The van der Waals surface area contributed by atoms with E-state index >= 15 is 0 Å². The molecule has 2 nitrogen and oxygen atoms in total. The van der Waals surface area contributed by atoms with Crippen molar-refractivity contribution in [2.75, 3.05) is 24.6 Å². The first-order valence-electron chi connectivity index (χ1n) is 8.20. The number of hydrogen-bond donors (Lipinski definition) is 1. The van der Waals surface area contributed by atoms with Crippen LogP contribution in [0.25, 0.3) is 0 Å². The highest BCUT2D eigenvalue weighted by molar-refractivity contribution is 7.99. The molecule has 0 amide bonds. The van der Waals surface area contributed by atoms with Crippen LogP contribution in [0.15, 0.2) is 0 Å². The number of nitrogens with zero attached hydrogens (tertiary/aromatic N) is 1. The van der Waals surface area contributed by atoms with Crippen molar-refractivity contribution >= 4 is 11.8 Å². The van der Waals surface area contributed by atoms with Crippen molar-refractivity contribution in [3.63, 3.8) is 0 Å². The third-order valence-corrected chi connectivity index (χ3v) is 6.52. The summed E-state index contributed by atoms with van der Waals surface area (Å²) >= 11 is 2.16. The summed E-state index contributed by atoms with van der Waals surface area (Å²) in [5.41, 5.74) is 0.369. The lowest BCUT2D eigenvalue weighted by Crippen LogP contribution is -2.67. The molecule has 0 aromatic rings. The fourth-order valence-electron chi connectivity index (χ4n) is 3.69. The third kappa shape index (κ3) is 3.48. The normalized spacial score (nSPS) is 32.7. The van der Waals surface area contributed by atoms with Crippen LogP contribution in [0.5, 0.6) is 0 Å². The Bertz CT molecular complexity index is 270. The standard InChI is InChI=1S/C16H32N2S/c1-5-16(6-2)12-18(14-8-7-9-19-11-14)15(10-17-16)13(3)4/h13-15,17H,5-12H2,1-4H3. The van der Waals surface area contributed by atoms with Crippen LogP contribution in [0, 0.1) is 5.92 Å². The molecule has 0 saturated carbocycles. The van der Waals surface area contributed by atoms with Crippen molar-refractivity contribution < 1.29 is 0 Å². The molecular formula is C16H32N2S. The van der Waals surface area contributed by atoms with E-state index in [0.717, 1.165) is 18.0 Å². The minimum Gasteiger partial charge on any atom is -0.308 e. The van der Waals surface area contributed by atoms with E-state index in [9.17, 15) is 0 Å². The van der Waals surface area contributed by atoms with Gasteiger partial charge in [-0.15, -0.1) is 0 Å². The fourth-order valence-corrected chi connectivity index (χ4v) is 4.86. The topological polar surface area (TPSA) is 15.3 Å². The molecule has 0 radical (unpaired) electrons. The van der Waals surface area contributed by atoms with E-state index in [-0.39, 0.29) is 0 Å². The minimum absolute atomic E-state index is 0.369. The van der Waals surface area contributed by atoms with Gasteiger partial charge in [0.25, 0.3) is 0 Å². The Kier molecular flexibility index (Phi) is 5.62. The zero-order chi connectivity index (χ0) is 13.9. The molecule has 0 spiro atoms. The van der Waals surface area contributed by atoms with Crippen molar-refractivity contribution in [2.45, 2.75) is 71.0 Å². The molecule has 0 aromatic heterocycles. The molecule has 2 saturated heterocycles. The smallest absolute Gasteiger partial charge is 0.0304 e. The second-order valence-corrected chi connectivity index (χ2v) is 7.87. The summed E-state index contributed by atoms with van der Waals surface area (Å²) in [5, 5.41) is 3.88. The highest BCUT2D eigenvalue weighted by atomic mass is 32.2. The van der Waals surface area contributed by atoms with Crippen LogP contribution in [-0.2, 0) is 0 Å². The molecule has 2 aliphatic heterocycles. The van der Waals surface area contributed by atoms with Crippen molar-refractivity contribution in [1.29, 1.82) is 0 Å². The predicted octanol–water partition coefficient (Wildman–Crippen LogP) is 3.37. The Balaban J connectivity index is 2.11. The Labute approximate surface area is 124 Å². The second kappa shape index (κ2) is 6.82. The number of hydrogen-bond acceptors (Lipinski definition) is 3. The van der Waals surface area contributed by atoms with Gasteiger partial charge in [-0.2, -0.15) is 11.8 Å². The molecule has 0 aromatic carbocycles. The monoisotopic (exact) mass is 284 g/mol. The SMILES string of the molecule is CCC1(CC)CN(C2CCCSC2)C(C(C)C)CN1. The second-order valence-electron chi connectivity index (χ2n) is 6.72. The lowest BCUT2D eigenvalue weighted by atomic mass is 9.85. The maximum absolute atomic E-state index is 3.88. The summed E-state index contributed by atoms with van der Waals surface area (Å²) in [6.07, 6.45) is 5.34. The average molecular weight is 285 g/mol. The first kappa shape index (κ1) is 15.7. The van der Waals surface area contributed by atoms with E-state index in [0.29, 0.717) is 5.54 Å². The zero-order valence-electron chi connectivity index (χ0n) is 13.2. The minimum atomic E-state index is 0.369. The van der Waals surface area contributed by atoms with Crippen molar-refractivity contribution in [3.8, 4) is 0 Å². The predicted molar refractivity (Wildman–Crippen MR) is 87.0 cm³/mol. The van der Waals surface area contributed by atoms with Crippen LogP contribution in [0.4, 0.5) is 0 Å². The third-order valence-electron chi connectivity index (χ3n) is 5.33. The first-order valence-corrected chi connectivity index (χ1v) is 9.36. The summed E-state index contributed by atoms with van der Waals surface area (Å²) in [5.74, 6) is 3.49. The molecule has 2 aliphatic rings. The van der Waals surface area contributed by atoms with Crippen LogP contribution in [0.2, 0.25) is 0 Å². The van der Waals surface area contributed by atoms with E-state index < -0.39 is 0 Å². The maximum atomic E-state index is 3.88. The van der Waals surface area contributed by atoms with Crippen molar-refractivity contribution in [1.82, 2.24) is 10.2 Å². The molecule has 112 valence electrons. The van der Waals surface area contributed by atoms with E-state index in [2.05, 4.69) is 49.7 Å². The van der Waals surface area contributed by atoms with Gasteiger partial charge in [0.1, 0.15) is 0 Å². The van der Waals surface area contributed by atoms with Crippen LogP contribution in [0.1, 0.15) is 53.4 Å². The van der Waals surface area contributed by atoms with Gasteiger partial charge in [0, 0.05) is 36.5 Å². The van der Waals surface area contributed by atoms with Gasteiger partial charge in [-0.05, 0) is 37.4 Å². The van der Waals surface area contributed by atoms with E-state index in [1.807, 2.05) is 0 Å². The summed E-state index contributed by atoms with van der Waals surface area (Å²) in [6, 6.07) is 1.56. The summed E-state index contributed by atoms with van der Waals surface area (Å²) in [7, 11) is 0. The van der Waals surface area contributed by atoms with E-state index in [1.54, 1.807) is 0 Å². The summed E-state index contributed by atoms with van der Waals surface area (Å²) in [6.45, 7) is 11.9.